The smallest absolute Gasteiger partial charge is 0.204 e. The Kier molecular flexibility index (Phi) is 4.12. The maximum Gasteiger partial charge on any atom is 0.204 e. The first-order valence-corrected chi connectivity index (χ1v) is 6.84. The van der Waals surface area contributed by atoms with Gasteiger partial charge in [-0.3, -0.25) is 0 Å². The Hall–Kier alpha value is -0.680. The van der Waals surface area contributed by atoms with E-state index in [1.165, 1.54) is 24.4 Å². The van der Waals surface area contributed by atoms with Gasteiger partial charge in [0, 0.05) is 44.1 Å². The van der Waals surface area contributed by atoms with Crippen molar-refractivity contribution < 1.29 is 0 Å². The summed E-state index contributed by atoms with van der Waals surface area (Å²) in [4.78, 5) is 6.71. The Balaban J connectivity index is 1.74. The van der Waals surface area contributed by atoms with Crippen molar-refractivity contribution in [2.45, 2.75) is 38.6 Å². The zero-order valence-electron chi connectivity index (χ0n) is 10.1. The number of hydrogen-bond donors (Lipinski definition) is 1. The highest BCUT2D eigenvalue weighted by atomic mass is 32.1. The Morgan fingerprint density at radius 1 is 1.50 bits per heavy atom. The Labute approximate surface area is 101 Å². The molecule has 1 aliphatic rings. The first-order valence-electron chi connectivity index (χ1n) is 6.06. The molecule has 0 saturated heterocycles. The first kappa shape index (κ1) is 11.8. The lowest BCUT2D eigenvalue weighted by atomic mass is 10.3. The second-order valence-electron chi connectivity index (χ2n) is 4.39. The van der Waals surface area contributed by atoms with Crippen LogP contribution in [0.1, 0.15) is 32.0 Å². The van der Waals surface area contributed by atoms with Crippen LogP contribution >= 0.6 is 11.5 Å². The van der Waals surface area contributed by atoms with Crippen molar-refractivity contribution in [3.63, 3.8) is 0 Å². The minimum Gasteiger partial charge on any atom is -0.349 e. The molecular formula is C11H20N4S. The van der Waals surface area contributed by atoms with Gasteiger partial charge in [-0.1, -0.05) is 6.92 Å². The summed E-state index contributed by atoms with van der Waals surface area (Å²) < 4.78 is 4.35. The highest BCUT2D eigenvalue weighted by Crippen LogP contribution is 2.19. The molecule has 1 N–H and O–H groups in total. The molecule has 2 rings (SSSR count). The fourth-order valence-electron chi connectivity index (χ4n) is 1.54. The first-order chi connectivity index (χ1) is 7.79. The van der Waals surface area contributed by atoms with E-state index in [9.17, 15) is 0 Å². The van der Waals surface area contributed by atoms with Crippen molar-refractivity contribution in [1.82, 2.24) is 14.7 Å². The number of nitrogens with zero attached hydrogens (tertiary/aromatic N) is 3. The van der Waals surface area contributed by atoms with Crippen molar-refractivity contribution >= 4 is 16.7 Å². The number of hydrogen-bond acceptors (Lipinski definition) is 5. The molecule has 1 aromatic rings. The fraction of sp³-hybridized carbons (Fsp3) is 0.818. The lowest BCUT2D eigenvalue weighted by Crippen LogP contribution is -2.30. The summed E-state index contributed by atoms with van der Waals surface area (Å²) >= 11 is 1.51. The molecule has 0 atom stereocenters. The summed E-state index contributed by atoms with van der Waals surface area (Å²) in [6, 6.07) is 0.790. The molecule has 1 aliphatic carbocycles. The summed E-state index contributed by atoms with van der Waals surface area (Å²) in [5.74, 6) is 0.990. The van der Waals surface area contributed by atoms with E-state index in [-0.39, 0.29) is 0 Å². The monoisotopic (exact) mass is 240 g/mol. The lowest BCUT2D eigenvalue weighted by Gasteiger charge is -2.15. The summed E-state index contributed by atoms with van der Waals surface area (Å²) in [5.41, 5.74) is 0. The van der Waals surface area contributed by atoms with Gasteiger partial charge in [0.15, 0.2) is 0 Å². The maximum absolute atomic E-state index is 4.52. The largest absolute Gasteiger partial charge is 0.349 e. The molecule has 0 spiro atoms. The van der Waals surface area contributed by atoms with Gasteiger partial charge in [0.05, 0.1) is 0 Å². The number of anilines is 1. The van der Waals surface area contributed by atoms with Crippen LogP contribution in [-0.2, 0) is 6.42 Å². The van der Waals surface area contributed by atoms with Crippen LogP contribution in [0, 0.1) is 0 Å². The van der Waals surface area contributed by atoms with Crippen molar-refractivity contribution in [3.8, 4) is 0 Å². The zero-order chi connectivity index (χ0) is 11.4. The second-order valence-corrected chi connectivity index (χ2v) is 5.12. The molecule has 1 aromatic heterocycles. The van der Waals surface area contributed by atoms with Crippen molar-refractivity contribution in [1.29, 1.82) is 0 Å². The van der Waals surface area contributed by atoms with Gasteiger partial charge in [0.1, 0.15) is 5.82 Å². The normalized spacial score (nSPS) is 15.4. The van der Waals surface area contributed by atoms with Crippen LogP contribution in [0.2, 0.25) is 0 Å². The fourth-order valence-corrected chi connectivity index (χ4v) is 2.24. The van der Waals surface area contributed by atoms with E-state index in [1.54, 1.807) is 0 Å². The molecule has 1 saturated carbocycles. The SMILES string of the molecule is CCCc1nsc(N(C)CCNC2CC2)n1. The molecule has 5 heteroatoms. The lowest BCUT2D eigenvalue weighted by molar-refractivity contribution is 0.674. The van der Waals surface area contributed by atoms with Gasteiger partial charge in [-0.2, -0.15) is 4.37 Å². The molecule has 0 aliphatic heterocycles. The summed E-state index contributed by atoms with van der Waals surface area (Å²) in [6.45, 7) is 4.21. The second kappa shape index (κ2) is 5.59. The quantitative estimate of drug-likeness (QED) is 0.787. The molecular weight excluding hydrogens is 220 g/mol. The van der Waals surface area contributed by atoms with Crippen LogP contribution in [0.15, 0.2) is 0 Å². The van der Waals surface area contributed by atoms with E-state index < -0.39 is 0 Å². The third-order valence-corrected chi connectivity index (χ3v) is 3.58. The van der Waals surface area contributed by atoms with E-state index >= 15 is 0 Å². The Morgan fingerprint density at radius 3 is 3.00 bits per heavy atom. The number of likely N-dealkylation sites (N-methyl/N-ethyl adjacent to an activating group) is 1. The number of rotatable bonds is 7. The van der Waals surface area contributed by atoms with Gasteiger partial charge < -0.3 is 10.2 Å². The predicted molar refractivity (Wildman–Crippen MR) is 68.2 cm³/mol. The molecule has 0 aromatic carbocycles. The molecule has 0 unspecified atom stereocenters. The van der Waals surface area contributed by atoms with Gasteiger partial charge in [-0.05, 0) is 19.3 Å². The summed E-state index contributed by atoms with van der Waals surface area (Å²) in [5, 5.41) is 4.55. The van der Waals surface area contributed by atoms with E-state index in [0.717, 1.165) is 42.9 Å². The average molecular weight is 240 g/mol. The average Bonchev–Trinajstić information content (AvgIpc) is 2.97. The molecule has 0 bridgehead atoms. The van der Waals surface area contributed by atoms with Gasteiger partial charge in [0.25, 0.3) is 0 Å². The van der Waals surface area contributed by atoms with Gasteiger partial charge in [0.2, 0.25) is 5.13 Å². The third-order valence-electron chi connectivity index (χ3n) is 2.72. The third kappa shape index (κ3) is 3.42. The predicted octanol–water partition coefficient (Wildman–Crippen LogP) is 1.68. The Bertz CT molecular complexity index is 322. The van der Waals surface area contributed by atoms with Crippen LogP contribution in [0.25, 0.3) is 0 Å². The number of aromatic nitrogens is 2. The minimum atomic E-state index is 0.790. The molecule has 90 valence electrons. The molecule has 16 heavy (non-hydrogen) atoms. The highest BCUT2D eigenvalue weighted by molar-refractivity contribution is 7.09. The number of nitrogens with one attached hydrogen (secondary N) is 1. The molecule has 0 radical (unpaired) electrons. The van der Waals surface area contributed by atoms with Crippen molar-refractivity contribution in [2.75, 3.05) is 25.0 Å². The molecule has 1 fully saturated rings. The highest BCUT2D eigenvalue weighted by Gasteiger charge is 2.20. The van der Waals surface area contributed by atoms with Crippen molar-refractivity contribution in [3.05, 3.63) is 5.82 Å². The van der Waals surface area contributed by atoms with Crippen LogP contribution < -0.4 is 10.2 Å². The summed E-state index contributed by atoms with van der Waals surface area (Å²) in [6.07, 6.45) is 4.81. The molecule has 4 nitrogen and oxygen atoms in total. The van der Waals surface area contributed by atoms with Crippen LogP contribution in [0.4, 0.5) is 5.13 Å². The number of aryl methyl sites for hydroxylation is 1. The Morgan fingerprint density at radius 2 is 2.31 bits per heavy atom. The van der Waals surface area contributed by atoms with Crippen LogP contribution in [0.3, 0.4) is 0 Å². The molecule has 0 amide bonds. The van der Waals surface area contributed by atoms with Gasteiger partial charge in [-0.15, -0.1) is 0 Å². The van der Waals surface area contributed by atoms with E-state index in [0.29, 0.717) is 0 Å². The molecule has 1 heterocycles. The van der Waals surface area contributed by atoms with Gasteiger partial charge in [-0.25, -0.2) is 4.98 Å². The standard InChI is InChI=1S/C11H20N4S/c1-3-4-10-13-11(16-14-10)15(2)8-7-12-9-5-6-9/h9,12H,3-8H2,1-2H3. The maximum atomic E-state index is 4.52. The summed E-state index contributed by atoms with van der Waals surface area (Å²) in [7, 11) is 2.09. The zero-order valence-corrected chi connectivity index (χ0v) is 10.9. The van der Waals surface area contributed by atoms with Gasteiger partial charge >= 0.3 is 0 Å². The minimum absolute atomic E-state index is 0.790. The topological polar surface area (TPSA) is 41.1 Å². The van der Waals surface area contributed by atoms with E-state index in [2.05, 4.69) is 33.5 Å². The van der Waals surface area contributed by atoms with E-state index in [1.807, 2.05) is 0 Å². The van der Waals surface area contributed by atoms with E-state index in [4.69, 9.17) is 0 Å². The van der Waals surface area contributed by atoms with Crippen molar-refractivity contribution in [2.24, 2.45) is 0 Å². The van der Waals surface area contributed by atoms with Crippen LogP contribution in [-0.4, -0.2) is 35.5 Å². The van der Waals surface area contributed by atoms with Crippen LogP contribution in [0.5, 0.6) is 0 Å².